The van der Waals surface area contributed by atoms with E-state index in [-0.39, 0.29) is 23.3 Å². The van der Waals surface area contributed by atoms with Crippen molar-refractivity contribution in [3.05, 3.63) is 52.6 Å². The quantitative estimate of drug-likeness (QED) is 0.941. The van der Waals surface area contributed by atoms with Crippen molar-refractivity contribution in [3.8, 4) is 11.3 Å². The predicted molar refractivity (Wildman–Crippen MR) is 86.5 cm³/mol. The third kappa shape index (κ3) is 3.64. The smallest absolute Gasteiger partial charge is 0.267 e. The van der Waals surface area contributed by atoms with Gasteiger partial charge < -0.3 is 5.32 Å². The molecule has 122 valence electrons. The first-order valence-electron chi connectivity index (χ1n) is 7.39. The molecule has 1 amide bonds. The molecule has 2 aromatic rings. The Hall–Kier alpha value is -2.50. The first-order valence-corrected chi connectivity index (χ1v) is 7.39. The Kier molecular flexibility index (Phi) is 4.63. The van der Waals surface area contributed by atoms with Crippen LogP contribution in [0.5, 0.6) is 0 Å². The van der Waals surface area contributed by atoms with Crippen LogP contribution in [0.15, 0.2) is 41.2 Å². The third-order valence-corrected chi connectivity index (χ3v) is 3.45. The predicted octanol–water partition coefficient (Wildman–Crippen LogP) is 2.31. The molecule has 0 bridgehead atoms. The number of aromatic nitrogens is 2. The number of benzene rings is 1. The molecule has 1 aromatic heterocycles. The van der Waals surface area contributed by atoms with Crippen LogP contribution in [0.3, 0.4) is 0 Å². The zero-order chi connectivity index (χ0) is 17.2. The fourth-order valence-corrected chi connectivity index (χ4v) is 2.12. The van der Waals surface area contributed by atoms with Crippen molar-refractivity contribution in [1.82, 2.24) is 15.1 Å². The van der Waals surface area contributed by atoms with Gasteiger partial charge in [0, 0.05) is 17.7 Å². The van der Waals surface area contributed by atoms with Gasteiger partial charge >= 0.3 is 0 Å². The van der Waals surface area contributed by atoms with Crippen molar-refractivity contribution in [2.75, 3.05) is 0 Å². The van der Waals surface area contributed by atoms with Gasteiger partial charge in [0.05, 0.1) is 5.69 Å². The van der Waals surface area contributed by atoms with Crippen LogP contribution >= 0.6 is 0 Å². The van der Waals surface area contributed by atoms with Gasteiger partial charge in [0.1, 0.15) is 11.4 Å². The van der Waals surface area contributed by atoms with Crippen LogP contribution in [0.1, 0.15) is 27.7 Å². The summed E-state index contributed by atoms with van der Waals surface area (Å²) < 4.78 is 14.2. The van der Waals surface area contributed by atoms with Gasteiger partial charge in [-0.3, -0.25) is 9.59 Å². The normalized spacial score (nSPS) is 11.6. The molecule has 0 spiro atoms. The number of rotatable bonds is 4. The number of nitrogens with one attached hydrogen (secondary N) is 1. The van der Waals surface area contributed by atoms with Gasteiger partial charge in [-0.05, 0) is 58.0 Å². The minimum atomic E-state index is -1.14. The summed E-state index contributed by atoms with van der Waals surface area (Å²) in [6, 6.07) is 8.67. The molecule has 5 nitrogen and oxygen atoms in total. The highest BCUT2D eigenvalue weighted by Gasteiger charge is 2.32. The second-order valence-electron chi connectivity index (χ2n) is 6.16. The molecule has 1 heterocycles. The Balaban J connectivity index is 2.47. The van der Waals surface area contributed by atoms with Gasteiger partial charge in [-0.1, -0.05) is 0 Å². The summed E-state index contributed by atoms with van der Waals surface area (Å²) in [4.78, 5) is 24.5. The molecule has 6 heteroatoms. The third-order valence-electron chi connectivity index (χ3n) is 3.45. The summed E-state index contributed by atoms with van der Waals surface area (Å²) in [5.74, 6) is -0.642. The zero-order valence-corrected chi connectivity index (χ0v) is 13.6. The molecule has 0 fully saturated rings. The molecule has 0 aliphatic carbocycles. The summed E-state index contributed by atoms with van der Waals surface area (Å²) in [5, 5.41) is 7.08. The van der Waals surface area contributed by atoms with Crippen LogP contribution in [0.4, 0.5) is 4.39 Å². The van der Waals surface area contributed by atoms with E-state index in [1.807, 2.05) is 13.8 Å². The topological polar surface area (TPSA) is 64.0 Å². The average Bonchev–Trinajstić information content (AvgIpc) is 2.47. The van der Waals surface area contributed by atoms with Crippen molar-refractivity contribution in [1.29, 1.82) is 0 Å². The van der Waals surface area contributed by atoms with Crippen LogP contribution in [-0.2, 0) is 10.3 Å². The van der Waals surface area contributed by atoms with Crippen LogP contribution in [0.2, 0.25) is 0 Å². The standard InChI is InChI=1S/C17H20FN3O2/c1-11(2)19-16(23)17(3,4)21-15(22)10-9-14(20-21)12-5-7-13(18)8-6-12/h5-11H,1-4H3,(H,19,23). The molecule has 0 unspecified atom stereocenters. The van der Waals surface area contributed by atoms with E-state index in [0.717, 1.165) is 4.68 Å². The SMILES string of the molecule is CC(C)NC(=O)C(C)(C)n1nc(-c2ccc(F)cc2)ccc1=O. The Labute approximate surface area is 134 Å². The maximum absolute atomic E-state index is 13.0. The molecule has 0 radical (unpaired) electrons. The molecule has 2 rings (SSSR count). The Morgan fingerprint density at radius 3 is 2.35 bits per heavy atom. The maximum atomic E-state index is 13.0. The molecule has 0 saturated carbocycles. The van der Waals surface area contributed by atoms with Crippen LogP contribution in [-0.4, -0.2) is 21.7 Å². The highest BCUT2D eigenvalue weighted by atomic mass is 19.1. The number of carbonyl (C=O) groups excluding carboxylic acids is 1. The van der Waals surface area contributed by atoms with E-state index < -0.39 is 5.54 Å². The van der Waals surface area contributed by atoms with E-state index in [0.29, 0.717) is 11.3 Å². The number of amides is 1. The summed E-state index contributed by atoms with van der Waals surface area (Å²) >= 11 is 0. The molecule has 0 aliphatic rings. The maximum Gasteiger partial charge on any atom is 0.267 e. The van der Waals surface area contributed by atoms with Gasteiger partial charge in [0.2, 0.25) is 5.91 Å². The second-order valence-corrected chi connectivity index (χ2v) is 6.16. The van der Waals surface area contributed by atoms with E-state index in [4.69, 9.17) is 0 Å². The molecule has 0 atom stereocenters. The molecular weight excluding hydrogens is 297 g/mol. The number of nitrogens with zero attached hydrogens (tertiary/aromatic N) is 2. The molecule has 0 saturated heterocycles. The summed E-state index contributed by atoms with van der Waals surface area (Å²) in [7, 11) is 0. The molecule has 23 heavy (non-hydrogen) atoms. The summed E-state index contributed by atoms with van der Waals surface area (Å²) in [6.07, 6.45) is 0. The fourth-order valence-electron chi connectivity index (χ4n) is 2.12. The van der Waals surface area contributed by atoms with Crippen molar-refractivity contribution >= 4 is 5.91 Å². The fraction of sp³-hybridized carbons (Fsp3) is 0.353. The van der Waals surface area contributed by atoms with Crippen LogP contribution in [0, 0.1) is 5.82 Å². The largest absolute Gasteiger partial charge is 0.352 e. The number of carbonyl (C=O) groups is 1. The first-order chi connectivity index (χ1) is 10.7. The summed E-state index contributed by atoms with van der Waals surface area (Å²) in [6.45, 7) is 6.96. The minimum absolute atomic E-state index is 0.0437. The van der Waals surface area contributed by atoms with E-state index in [1.54, 1.807) is 32.0 Å². The highest BCUT2D eigenvalue weighted by Crippen LogP contribution is 2.18. The Morgan fingerprint density at radius 1 is 1.17 bits per heavy atom. The van der Waals surface area contributed by atoms with Crippen molar-refractivity contribution in [2.45, 2.75) is 39.3 Å². The Bertz CT molecular complexity index is 764. The highest BCUT2D eigenvalue weighted by molar-refractivity contribution is 5.83. The van der Waals surface area contributed by atoms with Crippen molar-refractivity contribution in [2.24, 2.45) is 0 Å². The van der Waals surface area contributed by atoms with Gasteiger partial charge in [0.15, 0.2) is 0 Å². The monoisotopic (exact) mass is 317 g/mol. The van der Waals surface area contributed by atoms with E-state index in [9.17, 15) is 14.0 Å². The van der Waals surface area contributed by atoms with Gasteiger partial charge in [-0.15, -0.1) is 0 Å². The van der Waals surface area contributed by atoms with E-state index >= 15 is 0 Å². The molecule has 1 aromatic carbocycles. The summed E-state index contributed by atoms with van der Waals surface area (Å²) in [5.41, 5.74) is -0.354. The lowest BCUT2D eigenvalue weighted by Crippen LogP contribution is -2.51. The van der Waals surface area contributed by atoms with Gasteiger partial charge in [-0.25, -0.2) is 9.07 Å². The van der Waals surface area contributed by atoms with Gasteiger partial charge in [0.25, 0.3) is 5.56 Å². The lowest BCUT2D eigenvalue weighted by Gasteiger charge is -2.26. The van der Waals surface area contributed by atoms with Crippen molar-refractivity contribution in [3.63, 3.8) is 0 Å². The minimum Gasteiger partial charge on any atom is -0.352 e. The van der Waals surface area contributed by atoms with Gasteiger partial charge in [-0.2, -0.15) is 5.10 Å². The average molecular weight is 317 g/mol. The van der Waals surface area contributed by atoms with E-state index in [2.05, 4.69) is 10.4 Å². The zero-order valence-electron chi connectivity index (χ0n) is 13.6. The molecule has 0 aliphatic heterocycles. The Morgan fingerprint density at radius 2 is 1.78 bits per heavy atom. The molecular formula is C17H20FN3O2. The lowest BCUT2D eigenvalue weighted by atomic mass is 10.0. The molecule has 1 N–H and O–H groups in total. The first kappa shape index (κ1) is 16.9. The number of hydrogen-bond donors (Lipinski definition) is 1. The van der Waals surface area contributed by atoms with Crippen molar-refractivity contribution < 1.29 is 9.18 Å². The van der Waals surface area contributed by atoms with E-state index in [1.165, 1.54) is 18.2 Å². The van der Waals surface area contributed by atoms with Crippen LogP contribution < -0.4 is 10.9 Å². The lowest BCUT2D eigenvalue weighted by molar-refractivity contribution is -0.129. The number of halogens is 1. The number of hydrogen-bond acceptors (Lipinski definition) is 3. The second kappa shape index (κ2) is 6.32. The van der Waals surface area contributed by atoms with Crippen LogP contribution in [0.25, 0.3) is 11.3 Å².